The third-order valence-corrected chi connectivity index (χ3v) is 3.82. The number of likely N-dealkylation sites (N-methyl/N-ethyl adjacent to an activating group) is 1. The van der Waals surface area contributed by atoms with Crippen LogP contribution in [0.1, 0.15) is 27.2 Å². The van der Waals surface area contributed by atoms with Crippen LogP contribution in [0.2, 0.25) is 0 Å². The first kappa shape index (κ1) is 10.9. The molecule has 2 rings (SSSR count). The van der Waals surface area contributed by atoms with E-state index in [0.29, 0.717) is 11.9 Å². The second-order valence-electron chi connectivity index (χ2n) is 6.10. The van der Waals surface area contributed by atoms with E-state index in [9.17, 15) is 4.79 Å². The molecule has 3 nitrogen and oxygen atoms in total. The van der Waals surface area contributed by atoms with Gasteiger partial charge in [-0.05, 0) is 18.9 Å². The van der Waals surface area contributed by atoms with Crippen LogP contribution in [0.4, 0.5) is 0 Å². The van der Waals surface area contributed by atoms with Crippen molar-refractivity contribution in [1.29, 1.82) is 0 Å². The van der Waals surface area contributed by atoms with Crippen LogP contribution in [-0.4, -0.2) is 48.4 Å². The molecular formula is C12H22N2O. The summed E-state index contributed by atoms with van der Waals surface area (Å²) in [6, 6.07) is 0.473. The first-order chi connectivity index (χ1) is 6.89. The van der Waals surface area contributed by atoms with Crippen molar-refractivity contribution in [3.8, 4) is 0 Å². The van der Waals surface area contributed by atoms with Gasteiger partial charge in [0, 0.05) is 31.6 Å². The highest BCUT2D eigenvalue weighted by Crippen LogP contribution is 2.38. The molecule has 2 fully saturated rings. The zero-order chi connectivity index (χ0) is 11.2. The molecule has 0 aliphatic carbocycles. The summed E-state index contributed by atoms with van der Waals surface area (Å²) in [7, 11) is 2.15. The van der Waals surface area contributed by atoms with Gasteiger partial charge in [0.1, 0.15) is 0 Å². The lowest BCUT2D eigenvalue weighted by atomic mass is 9.79. The predicted octanol–water partition coefficient (Wildman–Crippen LogP) is 1.19. The van der Waals surface area contributed by atoms with E-state index in [2.05, 4.69) is 37.6 Å². The van der Waals surface area contributed by atoms with Crippen LogP contribution in [0.25, 0.3) is 0 Å². The Morgan fingerprint density at radius 3 is 2.53 bits per heavy atom. The fourth-order valence-corrected chi connectivity index (χ4v) is 2.80. The van der Waals surface area contributed by atoms with E-state index >= 15 is 0 Å². The van der Waals surface area contributed by atoms with Gasteiger partial charge in [0.25, 0.3) is 0 Å². The van der Waals surface area contributed by atoms with Crippen molar-refractivity contribution in [2.24, 2.45) is 11.3 Å². The van der Waals surface area contributed by atoms with Gasteiger partial charge in [-0.2, -0.15) is 0 Å². The molecule has 1 amide bonds. The molecule has 2 heterocycles. The largest absolute Gasteiger partial charge is 0.337 e. The maximum Gasteiger partial charge on any atom is 0.226 e. The average Bonchev–Trinajstić information content (AvgIpc) is 2.42. The highest BCUT2D eigenvalue weighted by atomic mass is 16.2. The van der Waals surface area contributed by atoms with E-state index in [-0.39, 0.29) is 11.3 Å². The van der Waals surface area contributed by atoms with Crippen LogP contribution in [0.15, 0.2) is 0 Å². The van der Waals surface area contributed by atoms with Crippen LogP contribution >= 0.6 is 0 Å². The SMILES string of the molecule is CN1CCN2C(=O)C(C(C)(C)C)CC2C1. The molecule has 0 radical (unpaired) electrons. The molecule has 3 heteroatoms. The third kappa shape index (κ3) is 1.89. The topological polar surface area (TPSA) is 23.6 Å². The summed E-state index contributed by atoms with van der Waals surface area (Å²) in [5, 5.41) is 0. The molecule has 2 saturated heterocycles. The van der Waals surface area contributed by atoms with Crippen LogP contribution in [0.5, 0.6) is 0 Å². The van der Waals surface area contributed by atoms with Gasteiger partial charge in [-0.3, -0.25) is 4.79 Å². The van der Waals surface area contributed by atoms with Crippen LogP contribution in [0, 0.1) is 11.3 Å². The van der Waals surface area contributed by atoms with Crippen molar-refractivity contribution in [2.45, 2.75) is 33.2 Å². The Morgan fingerprint density at radius 2 is 1.93 bits per heavy atom. The summed E-state index contributed by atoms with van der Waals surface area (Å²) in [6.07, 6.45) is 1.05. The smallest absolute Gasteiger partial charge is 0.226 e. The first-order valence-electron chi connectivity index (χ1n) is 5.88. The number of carbonyl (C=O) groups excluding carboxylic acids is 1. The van der Waals surface area contributed by atoms with Crippen LogP contribution < -0.4 is 0 Å². The highest BCUT2D eigenvalue weighted by molar-refractivity contribution is 5.82. The number of hydrogen-bond donors (Lipinski definition) is 0. The molecule has 86 valence electrons. The van der Waals surface area contributed by atoms with Crippen LogP contribution in [0.3, 0.4) is 0 Å². The molecule has 2 unspecified atom stereocenters. The number of nitrogens with zero attached hydrogens (tertiary/aromatic N) is 2. The molecule has 0 spiro atoms. The lowest BCUT2D eigenvalue weighted by Gasteiger charge is -2.35. The Balaban J connectivity index is 2.13. The lowest BCUT2D eigenvalue weighted by Crippen LogP contribution is -2.50. The van der Waals surface area contributed by atoms with Crippen molar-refractivity contribution < 1.29 is 4.79 Å². The summed E-state index contributed by atoms with van der Waals surface area (Å²) in [4.78, 5) is 16.6. The summed E-state index contributed by atoms with van der Waals surface area (Å²) in [5.74, 6) is 0.620. The molecule has 2 aliphatic rings. The number of carbonyl (C=O) groups is 1. The van der Waals surface area contributed by atoms with Gasteiger partial charge in [0.2, 0.25) is 5.91 Å². The molecule has 0 aromatic carbocycles. The number of piperazine rings is 1. The van der Waals surface area contributed by atoms with Crippen molar-refractivity contribution >= 4 is 5.91 Å². The van der Waals surface area contributed by atoms with Gasteiger partial charge in [0.15, 0.2) is 0 Å². The molecule has 0 N–H and O–H groups in total. The monoisotopic (exact) mass is 210 g/mol. The van der Waals surface area contributed by atoms with Gasteiger partial charge in [-0.1, -0.05) is 20.8 Å². The second kappa shape index (κ2) is 3.48. The summed E-state index contributed by atoms with van der Waals surface area (Å²) >= 11 is 0. The van der Waals surface area contributed by atoms with E-state index in [1.54, 1.807) is 0 Å². The number of hydrogen-bond acceptors (Lipinski definition) is 2. The number of rotatable bonds is 0. The lowest BCUT2D eigenvalue weighted by molar-refractivity contribution is -0.135. The Hall–Kier alpha value is -0.570. The fraction of sp³-hybridized carbons (Fsp3) is 0.917. The Morgan fingerprint density at radius 1 is 1.27 bits per heavy atom. The molecule has 0 bridgehead atoms. The number of amides is 1. The van der Waals surface area contributed by atoms with Gasteiger partial charge in [0.05, 0.1) is 0 Å². The minimum Gasteiger partial charge on any atom is -0.337 e. The highest BCUT2D eigenvalue weighted by Gasteiger charge is 2.46. The third-order valence-electron chi connectivity index (χ3n) is 3.82. The van der Waals surface area contributed by atoms with E-state index < -0.39 is 0 Å². The average molecular weight is 210 g/mol. The molecular weight excluding hydrogens is 188 g/mol. The Bertz CT molecular complexity index is 269. The van der Waals surface area contributed by atoms with Gasteiger partial charge in [-0.15, -0.1) is 0 Å². The molecule has 2 aliphatic heterocycles. The summed E-state index contributed by atoms with van der Waals surface area (Å²) in [6.45, 7) is 9.54. The quantitative estimate of drug-likeness (QED) is 0.600. The molecule has 0 saturated carbocycles. The predicted molar refractivity (Wildman–Crippen MR) is 60.6 cm³/mol. The Kier molecular flexibility index (Phi) is 2.53. The van der Waals surface area contributed by atoms with Crippen molar-refractivity contribution in [1.82, 2.24) is 9.80 Å². The summed E-state index contributed by atoms with van der Waals surface area (Å²) < 4.78 is 0. The van der Waals surface area contributed by atoms with Gasteiger partial charge < -0.3 is 9.80 Å². The molecule has 0 aromatic rings. The molecule has 15 heavy (non-hydrogen) atoms. The fourth-order valence-electron chi connectivity index (χ4n) is 2.80. The first-order valence-corrected chi connectivity index (χ1v) is 5.88. The maximum absolute atomic E-state index is 12.2. The zero-order valence-corrected chi connectivity index (χ0v) is 10.3. The zero-order valence-electron chi connectivity index (χ0n) is 10.3. The minimum absolute atomic E-state index is 0.118. The molecule has 0 aromatic heterocycles. The standard InChI is InChI=1S/C12H22N2O/c1-12(2,3)10-7-9-8-13(4)5-6-14(9)11(10)15/h9-10H,5-8H2,1-4H3. The van der Waals surface area contributed by atoms with Crippen molar-refractivity contribution in [2.75, 3.05) is 26.7 Å². The maximum atomic E-state index is 12.2. The van der Waals surface area contributed by atoms with Gasteiger partial charge >= 0.3 is 0 Å². The van der Waals surface area contributed by atoms with E-state index in [1.807, 2.05) is 0 Å². The Labute approximate surface area is 92.4 Å². The van der Waals surface area contributed by atoms with Crippen molar-refractivity contribution in [3.63, 3.8) is 0 Å². The molecule has 2 atom stereocenters. The summed E-state index contributed by atoms with van der Waals surface area (Å²) in [5.41, 5.74) is 0.118. The second-order valence-corrected chi connectivity index (χ2v) is 6.10. The van der Waals surface area contributed by atoms with E-state index in [0.717, 1.165) is 26.1 Å². The van der Waals surface area contributed by atoms with E-state index in [1.165, 1.54) is 0 Å². The van der Waals surface area contributed by atoms with Gasteiger partial charge in [-0.25, -0.2) is 0 Å². The van der Waals surface area contributed by atoms with E-state index in [4.69, 9.17) is 0 Å². The van der Waals surface area contributed by atoms with Crippen molar-refractivity contribution in [3.05, 3.63) is 0 Å². The minimum atomic E-state index is 0.118. The number of fused-ring (bicyclic) bond motifs is 1. The van der Waals surface area contributed by atoms with Crippen LogP contribution in [-0.2, 0) is 4.79 Å². The normalized spacial score (nSPS) is 33.3.